The topological polar surface area (TPSA) is 228 Å². The summed E-state index contributed by atoms with van der Waals surface area (Å²) >= 11 is 0. The van der Waals surface area contributed by atoms with Gasteiger partial charge in [0.05, 0.1) is 32.0 Å². The van der Waals surface area contributed by atoms with Crippen molar-refractivity contribution in [2.24, 2.45) is 0 Å². The van der Waals surface area contributed by atoms with Crippen molar-refractivity contribution in [3.8, 4) is 0 Å². The van der Waals surface area contributed by atoms with Crippen LogP contribution in [0.3, 0.4) is 0 Å². The van der Waals surface area contributed by atoms with E-state index in [1.165, 1.54) is 122 Å². The third-order valence-corrected chi connectivity index (χ3v) is 15.0. The van der Waals surface area contributed by atoms with E-state index in [4.69, 9.17) is 18.9 Å². The Morgan fingerprint density at radius 1 is 0.463 bits per heavy atom. The van der Waals surface area contributed by atoms with Crippen LogP contribution < -0.4 is 5.32 Å². The molecule has 14 heteroatoms. The van der Waals surface area contributed by atoms with E-state index in [-0.39, 0.29) is 18.9 Å². The second-order valence-electron chi connectivity index (χ2n) is 22.1. The Morgan fingerprint density at radius 3 is 1.38 bits per heavy atom. The molecule has 462 valence electrons. The number of amides is 1. The van der Waals surface area contributed by atoms with Gasteiger partial charge < -0.3 is 65.1 Å². The van der Waals surface area contributed by atoms with Crippen molar-refractivity contribution in [2.75, 3.05) is 19.8 Å². The van der Waals surface area contributed by atoms with E-state index in [9.17, 15) is 45.6 Å². The maximum absolute atomic E-state index is 13.3. The summed E-state index contributed by atoms with van der Waals surface area (Å²) in [5.41, 5.74) is 0. The summed E-state index contributed by atoms with van der Waals surface area (Å²) in [6.07, 6.45) is 51.9. The van der Waals surface area contributed by atoms with Gasteiger partial charge in [0.1, 0.15) is 48.8 Å². The van der Waals surface area contributed by atoms with Gasteiger partial charge in [-0.15, -0.1) is 0 Å². The molecule has 12 atom stereocenters. The smallest absolute Gasteiger partial charge is 0.220 e. The summed E-state index contributed by atoms with van der Waals surface area (Å²) in [6.45, 7) is 2.67. The predicted molar refractivity (Wildman–Crippen MR) is 323 cm³/mol. The summed E-state index contributed by atoms with van der Waals surface area (Å²) in [5, 5.41) is 87.2. The standard InChI is InChI=1S/C66H115NO13/c1-3-5-7-9-11-13-15-17-19-21-23-25-26-27-28-30-32-34-36-38-40-42-44-46-48-50-58(71)67-54(55(70)49-47-45-43-41-39-37-35-33-31-29-24-22-20-18-16-14-12-10-8-6-4-2)53-77-65-63(76)61(74)64(57(52-69)79-65)80-66-62(75)60(73)59(72)56(51-68)78-66/h5,7,11,13,17,19,23,25,31,33,39,41,47,49,54-57,59-66,68-70,72-76H,3-4,6,8-10,12,14-16,18,20-22,24,26-30,32,34-38,40,42-46,48,50-53H2,1-2H3,(H,67,71)/b7-5-,13-11-,19-17-,25-23-,33-31+,41-39+,49-47+. The number of hydrogen-bond donors (Lipinski definition) is 9. The summed E-state index contributed by atoms with van der Waals surface area (Å²) in [4.78, 5) is 13.3. The molecular weight excluding hydrogens is 1010 g/mol. The van der Waals surface area contributed by atoms with Gasteiger partial charge in [0.25, 0.3) is 0 Å². The molecule has 0 radical (unpaired) electrons. The van der Waals surface area contributed by atoms with Crippen molar-refractivity contribution < 1.29 is 64.6 Å². The molecule has 2 saturated heterocycles. The molecule has 2 fully saturated rings. The van der Waals surface area contributed by atoms with Crippen LogP contribution in [0.1, 0.15) is 232 Å². The van der Waals surface area contributed by atoms with Crippen LogP contribution in [-0.4, -0.2) is 140 Å². The van der Waals surface area contributed by atoms with Crippen molar-refractivity contribution in [3.63, 3.8) is 0 Å². The highest BCUT2D eigenvalue weighted by molar-refractivity contribution is 5.76. The molecule has 2 heterocycles. The number of aliphatic hydroxyl groups excluding tert-OH is 8. The maximum atomic E-state index is 13.3. The number of hydrogen-bond acceptors (Lipinski definition) is 13. The molecule has 0 aliphatic carbocycles. The second-order valence-corrected chi connectivity index (χ2v) is 22.1. The van der Waals surface area contributed by atoms with Gasteiger partial charge in [0.2, 0.25) is 5.91 Å². The van der Waals surface area contributed by atoms with Crippen LogP contribution in [0.2, 0.25) is 0 Å². The predicted octanol–water partition coefficient (Wildman–Crippen LogP) is 11.7. The molecule has 9 N–H and O–H groups in total. The molecule has 0 spiro atoms. The lowest BCUT2D eigenvalue weighted by molar-refractivity contribution is -0.359. The van der Waals surface area contributed by atoms with Gasteiger partial charge in [-0.05, 0) is 83.5 Å². The quantitative estimate of drug-likeness (QED) is 0.0204. The molecule has 12 unspecified atom stereocenters. The van der Waals surface area contributed by atoms with E-state index in [1.54, 1.807) is 6.08 Å². The first-order chi connectivity index (χ1) is 39.1. The maximum Gasteiger partial charge on any atom is 0.220 e. The van der Waals surface area contributed by atoms with Crippen LogP contribution in [0.5, 0.6) is 0 Å². The van der Waals surface area contributed by atoms with Crippen LogP contribution in [0, 0.1) is 0 Å². The van der Waals surface area contributed by atoms with Gasteiger partial charge in [-0.25, -0.2) is 0 Å². The van der Waals surface area contributed by atoms with Crippen molar-refractivity contribution >= 4 is 5.91 Å². The number of aliphatic hydroxyl groups is 8. The Morgan fingerprint density at radius 2 is 0.875 bits per heavy atom. The normalized spacial score (nSPS) is 24.8. The minimum absolute atomic E-state index is 0.258. The van der Waals surface area contributed by atoms with Crippen LogP contribution in [0.25, 0.3) is 0 Å². The Balaban J connectivity index is 1.76. The molecule has 2 aliphatic rings. The van der Waals surface area contributed by atoms with Gasteiger partial charge >= 0.3 is 0 Å². The van der Waals surface area contributed by atoms with Crippen LogP contribution in [0.15, 0.2) is 85.1 Å². The van der Waals surface area contributed by atoms with E-state index in [0.717, 1.165) is 77.0 Å². The average molecular weight is 1130 g/mol. The van der Waals surface area contributed by atoms with Crippen molar-refractivity contribution in [1.82, 2.24) is 5.32 Å². The summed E-state index contributed by atoms with van der Waals surface area (Å²) < 4.78 is 22.8. The fourth-order valence-corrected chi connectivity index (χ4v) is 9.96. The van der Waals surface area contributed by atoms with Crippen molar-refractivity contribution in [3.05, 3.63) is 85.1 Å². The Bertz CT molecular complexity index is 1660. The lowest BCUT2D eigenvalue weighted by Gasteiger charge is -2.46. The third kappa shape index (κ3) is 35.3. The highest BCUT2D eigenvalue weighted by Crippen LogP contribution is 2.30. The van der Waals surface area contributed by atoms with Gasteiger partial charge in [-0.2, -0.15) is 0 Å². The molecule has 0 aromatic rings. The molecule has 14 nitrogen and oxygen atoms in total. The summed E-state index contributed by atoms with van der Waals surface area (Å²) in [5.74, 6) is -0.258. The zero-order valence-electron chi connectivity index (χ0n) is 49.8. The molecule has 2 rings (SSSR count). The molecule has 0 bridgehead atoms. The first kappa shape index (κ1) is 73.3. The van der Waals surface area contributed by atoms with E-state index >= 15 is 0 Å². The number of unbranched alkanes of at least 4 members (excludes halogenated alkanes) is 25. The highest BCUT2D eigenvalue weighted by atomic mass is 16.7. The van der Waals surface area contributed by atoms with Crippen LogP contribution >= 0.6 is 0 Å². The van der Waals surface area contributed by atoms with E-state index in [2.05, 4.69) is 92.1 Å². The van der Waals surface area contributed by atoms with Gasteiger partial charge in [0, 0.05) is 6.42 Å². The number of nitrogens with one attached hydrogen (secondary N) is 1. The van der Waals surface area contributed by atoms with Crippen molar-refractivity contribution in [1.29, 1.82) is 0 Å². The molecule has 2 aliphatic heterocycles. The fourth-order valence-electron chi connectivity index (χ4n) is 9.96. The van der Waals surface area contributed by atoms with E-state index in [1.807, 2.05) is 6.08 Å². The Labute approximate surface area is 484 Å². The average Bonchev–Trinajstić information content (AvgIpc) is 3.49. The highest BCUT2D eigenvalue weighted by Gasteiger charge is 2.51. The number of rotatable bonds is 50. The fraction of sp³-hybridized carbons (Fsp3) is 0.773. The van der Waals surface area contributed by atoms with E-state index in [0.29, 0.717) is 12.8 Å². The monoisotopic (exact) mass is 1130 g/mol. The largest absolute Gasteiger partial charge is 0.394 e. The molecule has 1 amide bonds. The van der Waals surface area contributed by atoms with Gasteiger partial charge in [-0.3, -0.25) is 4.79 Å². The number of ether oxygens (including phenoxy) is 4. The number of carbonyl (C=O) groups excluding carboxylic acids is 1. The number of allylic oxidation sites excluding steroid dienone is 13. The summed E-state index contributed by atoms with van der Waals surface area (Å²) in [6, 6.07) is -0.944. The summed E-state index contributed by atoms with van der Waals surface area (Å²) in [7, 11) is 0. The Hall–Kier alpha value is -2.83. The van der Waals surface area contributed by atoms with Gasteiger partial charge in [0.15, 0.2) is 12.6 Å². The zero-order valence-corrected chi connectivity index (χ0v) is 49.8. The minimum atomic E-state index is -1.80. The SMILES string of the molecule is CC/C=C\C/C=C\C/C=C\C/C=C\CCCCCCCCCCCCCCC(=O)NC(COC1OC(CO)C(OC2OC(CO)C(O)C(O)C2O)C(O)C1O)C(O)/C=C/CC/C=C/CC/C=C/CCCCCCCCCCCCC. The van der Waals surface area contributed by atoms with Crippen molar-refractivity contribution in [2.45, 2.75) is 306 Å². The molecule has 0 aromatic carbocycles. The molecule has 80 heavy (non-hydrogen) atoms. The first-order valence-corrected chi connectivity index (χ1v) is 31.8. The van der Waals surface area contributed by atoms with Crippen LogP contribution in [0.4, 0.5) is 0 Å². The lowest BCUT2D eigenvalue weighted by Crippen LogP contribution is -2.65. The first-order valence-electron chi connectivity index (χ1n) is 31.8. The zero-order chi connectivity index (χ0) is 58.1. The molecule has 0 saturated carbocycles. The third-order valence-electron chi connectivity index (χ3n) is 15.0. The Kier molecular flexibility index (Phi) is 46.4. The molecule has 0 aromatic heterocycles. The van der Waals surface area contributed by atoms with Gasteiger partial charge in [-0.1, -0.05) is 227 Å². The lowest BCUT2D eigenvalue weighted by atomic mass is 9.97. The molecular formula is C66H115NO13. The van der Waals surface area contributed by atoms with E-state index < -0.39 is 86.8 Å². The minimum Gasteiger partial charge on any atom is -0.394 e. The second kappa shape index (κ2) is 50.7. The van der Waals surface area contributed by atoms with Crippen LogP contribution in [-0.2, 0) is 23.7 Å². The number of carbonyl (C=O) groups is 1.